The van der Waals surface area contributed by atoms with Gasteiger partial charge in [-0.2, -0.15) is 13.2 Å². The van der Waals surface area contributed by atoms with Crippen molar-refractivity contribution in [2.75, 3.05) is 6.61 Å². The molecule has 0 saturated carbocycles. The first-order valence-electron chi connectivity index (χ1n) is 11.0. The topological polar surface area (TPSA) is 60.4 Å². The fourth-order valence-corrected chi connectivity index (χ4v) is 4.19. The van der Waals surface area contributed by atoms with Gasteiger partial charge in [0.2, 0.25) is 5.78 Å². The molecule has 0 amide bonds. The Kier molecular flexibility index (Phi) is 7.91. The molecule has 0 aliphatic heterocycles. The number of Topliss-reactive ketones (excluding diaryl/α,β-unsaturated/α-hetero) is 2. The van der Waals surface area contributed by atoms with Gasteiger partial charge in [0.15, 0.2) is 5.78 Å². The molecule has 1 atom stereocenters. The van der Waals surface area contributed by atoms with Crippen LogP contribution in [0.5, 0.6) is 0 Å². The molecule has 33 heavy (non-hydrogen) atoms. The summed E-state index contributed by atoms with van der Waals surface area (Å²) in [6.45, 7) is 1.97. The van der Waals surface area contributed by atoms with E-state index < -0.39 is 29.4 Å². The van der Waals surface area contributed by atoms with Crippen LogP contribution in [0.15, 0.2) is 47.1 Å². The van der Waals surface area contributed by atoms with E-state index in [1.165, 1.54) is 12.1 Å². The summed E-state index contributed by atoms with van der Waals surface area (Å²) in [4.78, 5) is 37.6. The highest BCUT2D eigenvalue weighted by molar-refractivity contribution is 6.08. The molecule has 1 aromatic carbocycles. The summed E-state index contributed by atoms with van der Waals surface area (Å²) in [5.41, 5.74) is 1.71. The van der Waals surface area contributed by atoms with Crippen LogP contribution < -0.4 is 0 Å². The van der Waals surface area contributed by atoms with E-state index in [2.05, 4.69) is 11.8 Å². The maximum Gasteiger partial charge on any atom is 0.416 e. The second-order valence-corrected chi connectivity index (χ2v) is 8.15. The molecule has 0 aromatic heterocycles. The molecular weight excluding hydrogens is 433 g/mol. The maximum absolute atomic E-state index is 13.1. The molecule has 0 unspecified atom stereocenters. The minimum Gasteiger partial charge on any atom is -0.466 e. The van der Waals surface area contributed by atoms with Crippen molar-refractivity contribution in [3.05, 3.63) is 58.2 Å². The highest BCUT2D eigenvalue weighted by atomic mass is 19.4. The molecule has 3 rings (SSSR count). The molecule has 174 valence electrons. The lowest BCUT2D eigenvalue weighted by atomic mass is 9.89. The Bertz CT molecular complexity index is 1050. The first kappa shape index (κ1) is 24.5. The smallest absolute Gasteiger partial charge is 0.416 e. The van der Waals surface area contributed by atoms with Gasteiger partial charge < -0.3 is 4.74 Å². The lowest BCUT2D eigenvalue weighted by molar-refractivity contribution is -0.142. The molecule has 0 heterocycles. The number of esters is 1. The lowest BCUT2D eigenvalue weighted by Gasteiger charge is -2.15. The number of benzene rings is 1. The molecule has 7 heteroatoms. The highest BCUT2D eigenvalue weighted by Crippen LogP contribution is 2.39. The monoisotopic (exact) mass is 458 g/mol. The number of ether oxygens (including phenoxy) is 1. The van der Waals surface area contributed by atoms with Crippen molar-refractivity contribution >= 4 is 17.5 Å². The van der Waals surface area contributed by atoms with E-state index in [1.54, 1.807) is 6.92 Å². The van der Waals surface area contributed by atoms with Gasteiger partial charge in [0.25, 0.3) is 0 Å². The third-order valence-corrected chi connectivity index (χ3v) is 5.73. The van der Waals surface area contributed by atoms with Crippen LogP contribution >= 0.6 is 0 Å². The number of ketones is 2. The average Bonchev–Trinajstić information content (AvgIpc) is 3.07. The number of halogens is 3. The number of carbonyl (C=O) groups excluding carboxylic acids is 3. The van der Waals surface area contributed by atoms with Crippen molar-refractivity contribution in [1.82, 2.24) is 0 Å². The van der Waals surface area contributed by atoms with E-state index in [1.807, 2.05) is 6.08 Å². The van der Waals surface area contributed by atoms with Crippen LogP contribution in [0.1, 0.15) is 63.0 Å². The molecule has 0 radical (unpaired) electrons. The Hall–Kier alpha value is -3.14. The summed E-state index contributed by atoms with van der Waals surface area (Å²) < 4.78 is 43.0. The van der Waals surface area contributed by atoms with Crippen LogP contribution in [0.25, 0.3) is 0 Å². The largest absolute Gasteiger partial charge is 0.466 e. The Morgan fingerprint density at radius 1 is 1.15 bits per heavy atom. The molecule has 0 N–H and O–H groups in total. The molecule has 0 saturated heterocycles. The zero-order valence-corrected chi connectivity index (χ0v) is 18.4. The van der Waals surface area contributed by atoms with Crippen LogP contribution in [0, 0.1) is 17.8 Å². The number of carbonyl (C=O) groups is 3. The summed E-state index contributed by atoms with van der Waals surface area (Å²) in [6, 6.07) is 4.22. The first-order valence-corrected chi connectivity index (χ1v) is 11.0. The second kappa shape index (κ2) is 10.7. The van der Waals surface area contributed by atoms with Gasteiger partial charge in [-0.05, 0) is 80.4 Å². The first-order chi connectivity index (χ1) is 15.7. The van der Waals surface area contributed by atoms with Crippen molar-refractivity contribution in [2.45, 2.75) is 58.0 Å². The molecule has 0 spiro atoms. The number of allylic oxidation sites excluding steroid dienone is 3. The van der Waals surface area contributed by atoms with Crippen LogP contribution in [0.4, 0.5) is 13.2 Å². The van der Waals surface area contributed by atoms with E-state index in [9.17, 15) is 27.6 Å². The lowest BCUT2D eigenvalue weighted by Crippen LogP contribution is -2.15. The number of hydrogen-bond donors (Lipinski definition) is 0. The minimum absolute atomic E-state index is 0.0220. The van der Waals surface area contributed by atoms with Crippen molar-refractivity contribution in [1.29, 1.82) is 0 Å². The molecule has 2 aliphatic carbocycles. The van der Waals surface area contributed by atoms with Gasteiger partial charge in [0.05, 0.1) is 18.6 Å². The number of alkyl halides is 3. The zero-order valence-electron chi connectivity index (χ0n) is 18.4. The van der Waals surface area contributed by atoms with Gasteiger partial charge in [-0.1, -0.05) is 12.0 Å². The summed E-state index contributed by atoms with van der Waals surface area (Å²) in [5.74, 6) is 3.39. The Labute approximate surface area is 190 Å². The normalized spacial score (nSPS) is 18.5. The quantitative estimate of drug-likeness (QED) is 0.426. The van der Waals surface area contributed by atoms with E-state index in [0.29, 0.717) is 17.6 Å². The standard InChI is InChI=1S/C26H25F3O4/c1-2-33-23(31)16-19-14-20(25(32)24(19)18-6-4-3-5-7-18)15-22(30)13-10-17-8-11-21(12-9-17)26(27,28)29/h6,8-9,11-12,20H,2-5,7,14-16H2,1H3/t20-/m0/s1. The predicted octanol–water partition coefficient (Wildman–Crippen LogP) is 5.36. The summed E-state index contributed by atoms with van der Waals surface area (Å²) in [7, 11) is 0. The second-order valence-electron chi connectivity index (χ2n) is 8.15. The van der Waals surface area contributed by atoms with Crippen molar-refractivity contribution in [3.63, 3.8) is 0 Å². The van der Waals surface area contributed by atoms with Gasteiger partial charge in [0, 0.05) is 23.5 Å². The number of hydrogen-bond acceptors (Lipinski definition) is 4. The molecular formula is C26H25F3O4. The van der Waals surface area contributed by atoms with Crippen LogP contribution in [-0.4, -0.2) is 24.1 Å². The Morgan fingerprint density at radius 2 is 1.88 bits per heavy atom. The van der Waals surface area contributed by atoms with Crippen LogP contribution in [0.3, 0.4) is 0 Å². The van der Waals surface area contributed by atoms with Crippen molar-refractivity contribution < 1.29 is 32.3 Å². The Balaban J connectivity index is 1.71. The molecule has 4 nitrogen and oxygen atoms in total. The SMILES string of the molecule is CCOC(=O)CC1=C(C2=CCCCC2)C(=O)[C@H](CC(=O)C#Cc2ccc(C(F)(F)F)cc2)C1. The summed E-state index contributed by atoms with van der Waals surface area (Å²) >= 11 is 0. The molecule has 0 bridgehead atoms. The zero-order chi connectivity index (χ0) is 24.0. The van der Waals surface area contributed by atoms with E-state index in [4.69, 9.17) is 4.74 Å². The van der Waals surface area contributed by atoms with Gasteiger partial charge >= 0.3 is 12.1 Å². The third-order valence-electron chi connectivity index (χ3n) is 5.73. The maximum atomic E-state index is 13.1. The average molecular weight is 458 g/mol. The third kappa shape index (κ3) is 6.44. The van der Waals surface area contributed by atoms with Crippen LogP contribution in [-0.2, 0) is 25.3 Å². The Morgan fingerprint density at radius 3 is 2.48 bits per heavy atom. The van der Waals surface area contributed by atoms with E-state index in [0.717, 1.165) is 43.4 Å². The van der Waals surface area contributed by atoms with Gasteiger partial charge in [-0.3, -0.25) is 14.4 Å². The molecule has 0 fully saturated rings. The fourth-order valence-electron chi connectivity index (χ4n) is 4.19. The van der Waals surface area contributed by atoms with Gasteiger partial charge in [-0.15, -0.1) is 0 Å². The summed E-state index contributed by atoms with van der Waals surface area (Å²) in [5, 5.41) is 0. The highest BCUT2D eigenvalue weighted by Gasteiger charge is 2.36. The van der Waals surface area contributed by atoms with Crippen molar-refractivity contribution in [3.8, 4) is 11.8 Å². The van der Waals surface area contributed by atoms with Gasteiger partial charge in [-0.25, -0.2) is 0 Å². The minimum atomic E-state index is -4.44. The number of rotatable bonds is 6. The summed E-state index contributed by atoms with van der Waals surface area (Å²) in [6.07, 6.45) is 1.49. The predicted molar refractivity (Wildman–Crippen MR) is 116 cm³/mol. The van der Waals surface area contributed by atoms with E-state index >= 15 is 0 Å². The van der Waals surface area contributed by atoms with Crippen LogP contribution in [0.2, 0.25) is 0 Å². The van der Waals surface area contributed by atoms with Crippen molar-refractivity contribution in [2.24, 2.45) is 5.92 Å². The molecule has 1 aromatic rings. The van der Waals surface area contributed by atoms with E-state index in [-0.39, 0.29) is 30.8 Å². The molecule has 2 aliphatic rings. The van der Waals surface area contributed by atoms with Gasteiger partial charge in [0.1, 0.15) is 0 Å². The fraction of sp³-hybridized carbons (Fsp3) is 0.423.